The van der Waals surface area contributed by atoms with Crippen LogP contribution >= 0.6 is 0 Å². The van der Waals surface area contributed by atoms with Gasteiger partial charge in [0.2, 0.25) is 11.8 Å². The van der Waals surface area contributed by atoms with Crippen LogP contribution < -0.4 is 5.32 Å². The zero-order valence-corrected chi connectivity index (χ0v) is 12.3. The van der Waals surface area contributed by atoms with Crippen molar-refractivity contribution in [3.05, 3.63) is 0 Å². The van der Waals surface area contributed by atoms with Crippen molar-refractivity contribution in [2.75, 3.05) is 32.7 Å². The Balaban J connectivity index is 4.26. The number of amides is 2. The minimum atomic E-state index is -0.0285. The van der Waals surface area contributed by atoms with Crippen LogP contribution in [0.2, 0.25) is 0 Å². The molecule has 0 saturated heterocycles. The van der Waals surface area contributed by atoms with Crippen molar-refractivity contribution >= 4 is 11.8 Å². The Morgan fingerprint density at radius 1 is 1.00 bits per heavy atom. The van der Waals surface area contributed by atoms with Crippen LogP contribution in [0, 0.1) is 0 Å². The number of carbonyl (C=O) groups is 2. The minimum absolute atomic E-state index is 0.0285. The predicted octanol–water partition coefficient (Wildman–Crippen LogP) is 0.701. The van der Waals surface area contributed by atoms with Crippen LogP contribution in [-0.2, 0) is 9.59 Å². The number of nitrogens with one attached hydrogen (secondary N) is 1. The molecule has 5 heteroatoms. The van der Waals surface area contributed by atoms with Crippen molar-refractivity contribution in [3.8, 4) is 0 Å². The van der Waals surface area contributed by atoms with Gasteiger partial charge in [-0.1, -0.05) is 6.92 Å². The fourth-order valence-electron chi connectivity index (χ4n) is 1.72. The summed E-state index contributed by atoms with van der Waals surface area (Å²) in [4.78, 5) is 27.2. The van der Waals surface area contributed by atoms with E-state index in [9.17, 15) is 9.59 Å². The van der Waals surface area contributed by atoms with E-state index in [2.05, 4.69) is 5.32 Å². The first-order valence-electron chi connectivity index (χ1n) is 6.73. The molecule has 0 saturated carbocycles. The monoisotopic (exact) mass is 257 g/mol. The fourth-order valence-corrected chi connectivity index (χ4v) is 1.72. The van der Waals surface area contributed by atoms with Crippen LogP contribution in [0.1, 0.15) is 34.6 Å². The summed E-state index contributed by atoms with van der Waals surface area (Å²) in [6, 6.07) is 0.134. The Labute approximate surface area is 111 Å². The minimum Gasteiger partial charge on any atom is -0.353 e. The number of hydrogen-bond donors (Lipinski definition) is 1. The van der Waals surface area contributed by atoms with Crippen molar-refractivity contribution in [2.45, 2.75) is 40.7 Å². The highest BCUT2D eigenvalue weighted by molar-refractivity contribution is 5.81. The van der Waals surface area contributed by atoms with Crippen molar-refractivity contribution in [1.82, 2.24) is 15.1 Å². The van der Waals surface area contributed by atoms with Gasteiger partial charge in [0.15, 0.2) is 0 Å². The first-order chi connectivity index (χ1) is 8.44. The molecule has 0 heterocycles. The molecule has 0 fully saturated rings. The molecule has 0 bridgehead atoms. The smallest absolute Gasteiger partial charge is 0.236 e. The summed E-state index contributed by atoms with van der Waals surface area (Å²) in [5.41, 5.74) is 0. The summed E-state index contributed by atoms with van der Waals surface area (Å²) in [5, 5.41) is 2.83. The zero-order chi connectivity index (χ0) is 14.1. The summed E-state index contributed by atoms with van der Waals surface area (Å²) >= 11 is 0. The van der Waals surface area contributed by atoms with E-state index in [1.807, 2.05) is 39.5 Å². The molecule has 18 heavy (non-hydrogen) atoms. The Morgan fingerprint density at radius 2 is 1.56 bits per heavy atom. The normalized spacial score (nSPS) is 10.8. The van der Waals surface area contributed by atoms with Gasteiger partial charge in [0.25, 0.3) is 0 Å². The lowest BCUT2D eigenvalue weighted by Crippen LogP contribution is -2.45. The van der Waals surface area contributed by atoms with E-state index in [1.54, 1.807) is 4.90 Å². The predicted molar refractivity (Wildman–Crippen MR) is 73.3 cm³/mol. The summed E-state index contributed by atoms with van der Waals surface area (Å²) < 4.78 is 0. The van der Waals surface area contributed by atoms with Crippen LogP contribution in [0.3, 0.4) is 0 Å². The molecule has 0 rings (SSSR count). The third kappa shape index (κ3) is 6.59. The Morgan fingerprint density at radius 3 is 1.94 bits per heavy atom. The highest BCUT2D eigenvalue weighted by Crippen LogP contribution is 1.95. The molecular formula is C13H27N3O2. The Hall–Kier alpha value is -1.10. The molecule has 0 aliphatic carbocycles. The first-order valence-corrected chi connectivity index (χ1v) is 6.73. The van der Waals surface area contributed by atoms with Gasteiger partial charge in [-0.25, -0.2) is 0 Å². The molecule has 5 nitrogen and oxygen atoms in total. The molecule has 106 valence electrons. The average molecular weight is 257 g/mol. The lowest BCUT2D eigenvalue weighted by atomic mass is 10.3. The number of rotatable bonds is 8. The van der Waals surface area contributed by atoms with Crippen molar-refractivity contribution < 1.29 is 9.59 Å². The summed E-state index contributed by atoms with van der Waals surface area (Å²) in [6.45, 7) is 12.4. The number of carbonyl (C=O) groups excluding carboxylic acids is 2. The van der Waals surface area contributed by atoms with Crippen LogP contribution in [0.4, 0.5) is 0 Å². The molecule has 0 aromatic rings. The lowest BCUT2D eigenvalue weighted by molar-refractivity contribution is -0.132. The molecule has 0 radical (unpaired) electrons. The quantitative estimate of drug-likeness (QED) is 0.696. The summed E-state index contributed by atoms with van der Waals surface area (Å²) in [5.74, 6) is 0.0541. The molecule has 0 atom stereocenters. The van der Waals surface area contributed by atoms with Crippen LogP contribution in [0.15, 0.2) is 0 Å². The van der Waals surface area contributed by atoms with E-state index >= 15 is 0 Å². The van der Waals surface area contributed by atoms with Crippen molar-refractivity contribution in [1.29, 1.82) is 0 Å². The fraction of sp³-hybridized carbons (Fsp3) is 0.846. The van der Waals surface area contributed by atoms with E-state index in [1.165, 1.54) is 0 Å². The summed E-state index contributed by atoms with van der Waals surface area (Å²) in [6.07, 6.45) is 0. The van der Waals surface area contributed by atoms with Gasteiger partial charge in [-0.05, 0) is 34.2 Å². The van der Waals surface area contributed by atoms with E-state index in [0.717, 1.165) is 0 Å². The van der Waals surface area contributed by atoms with Crippen LogP contribution in [-0.4, -0.2) is 60.4 Å². The first kappa shape index (κ1) is 16.9. The third-order valence-corrected chi connectivity index (χ3v) is 2.74. The molecular weight excluding hydrogens is 230 g/mol. The molecule has 0 unspecified atom stereocenters. The summed E-state index contributed by atoms with van der Waals surface area (Å²) in [7, 11) is 0. The topological polar surface area (TPSA) is 52.7 Å². The second kappa shape index (κ2) is 8.91. The average Bonchev–Trinajstić information content (AvgIpc) is 2.28. The largest absolute Gasteiger partial charge is 0.353 e. The Kier molecular flexibility index (Phi) is 8.37. The molecule has 0 aromatic carbocycles. The second-order valence-corrected chi connectivity index (χ2v) is 4.59. The van der Waals surface area contributed by atoms with E-state index in [-0.39, 0.29) is 24.4 Å². The van der Waals surface area contributed by atoms with E-state index in [4.69, 9.17) is 0 Å². The molecule has 1 N–H and O–H groups in total. The van der Waals surface area contributed by atoms with Gasteiger partial charge >= 0.3 is 0 Å². The highest BCUT2D eigenvalue weighted by atomic mass is 16.2. The van der Waals surface area contributed by atoms with Crippen molar-refractivity contribution in [3.63, 3.8) is 0 Å². The molecule has 2 amide bonds. The van der Waals surface area contributed by atoms with Gasteiger partial charge in [0, 0.05) is 19.1 Å². The highest BCUT2D eigenvalue weighted by Gasteiger charge is 2.16. The SMILES string of the molecule is CCN(CC(=O)NC(C)C)CC(=O)N(CC)CC. The van der Waals surface area contributed by atoms with Gasteiger partial charge in [-0.15, -0.1) is 0 Å². The number of likely N-dealkylation sites (N-methyl/N-ethyl adjacent to an activating group) is 2. The van der Waals surface area contributed by atoms with Gasteiger partial charge < -0.3 is 10.2 Å². The van der Waals surface area contributed by atoms with Crippen LogP contribution in [0.5, 0.6) is 0 Å². The third-order valence-electron chi connectivity index (χ3n) is 2.74. The lowest BCUT2D eigenvalue weighted by Gasteiger charge is -2.24. The Bertz CT molecular complexity index is 263. The molecule has 0 aliphatic rings. The standard InChI is InChI=1S/C13H27N3O2/c1-6-15(9-12(17)14-11(4)5)10-13(18)16(7-2)8-3/h11H,6-10H2,1-5H3,(H,14,17). The zero-order valence-electron chi connectivity index (χ0n) is 12.3. The van der Waals surface area contributed by atoms with Gasteiger partial charge in [-0.3, -0.25) is 14.5 Å². The molecule has 0 aromatic heterocycles. The number of nitrogens with zero attached hydrogens (tertiary/aromatic N) is 2. The van der Waals surface area contributed by atoms with Gasteiger partial charge in [0.1, 0.15) is 0 Å². The van der Waals surface area contributed by atoms with E-state index < -0.39 is 0 Å². The van der Waals surface area contributed by atoms with Crippen LogP contribution in [0.25, 0.3) is 0 Å². The maximum absolute atomic E-state index is 11.9. The van der Waals surface area contributed by atoms with Crippen molar-refractivity contribution in [2.24, 2.45) is 0 Å². The molecule has 0 aliphatic heterocycles. The van der Waals surface area contributed by atoms with E-state index in [0.29, 0.717) is 26.2 Å². The van der Waals surface area contributed by atoms with Gasteiger partial charge in [-0.2, -0.15) is 0 Å². The maximum Gasteiger partial charge on any atom is 0.236 e. The maximum atomic E-state index is 11.9. The number of hydrogen-bond acceptors (Lipinski definition) is 3. The second-order valence-electron chi connectivity index (χ2n) is 4.59. The molecule has 0 spiro atoms. The van der Waals surface area contributed by atoms with Gasteiger partial charge in [0.05, 0.1) is 13.1 Å².